The van der Waals surface area contributed by atoms with Gasteiger partial charge < -0.3 is 0 Å². The molecule has 8 rings (SSSR count). The van der Waals surface area contributed by atoms with Crippen molar-refractivity contribution in [2.75, 3.05) is 5.43 Å². The Bertz CT molecular complexity index is 2460. The van der Waals surface area contributed by atoms with Crippen LogP contribution in [0, 0.1) is 5.41 Å². The number of aromatic nitrogens is 6. The van der Waals surface area contributed by atoms with Gasteiger partial charge in [-0.25, -0.2) is 19.9 Å². The van der Waals surface area contributed by atoms with Gasteiger partial charge >= 0.3 is 0 Å². The van der Waals surface area contributed by atoms with Crippen molar-refractivity contribution < 1.29 is 0 Å². The second-order valence-electron chi connectivity index (χ2n) is 11.6. The number of pyridine rings is 6. The predicted octanol–water partition coefficient (Wildman–Crippen LogP) is 8.69. The summed E-state index contributed by atoms with van der Waals surface area (Å²) in [6, 6.07) is 44.4. The van der Waals surface area contributed by atoms with Crippen molar-refractivity contribution in [1.29, 1.82) is 5.41 Å². The van der Waals surface area contributed by atoms with Crippen LogP contribution in [0.1, 0.15) is 11.4 Å². The first-order valence-corrected chi connectivity index (χ1v) is 16.3. The van der Waals surface area contributed by atoms with Crippen LogP contribution in [0.2, 0.25) is 0 Å². The zero-order valence-electron chi connectivity index (χ0n) is 27.2. The molecule has 51 heavy (non-hydrogen) atoms. The molecule has 9 heteroatoms. The van der Waals surface area contributed by atoms with Gasteiger partial charge in [0.15, 0.2) is 0 Å². The number of nitrogens with zero attached hydrogens (tertiary/aromatic N) is 7. The highest BCUT2D eigenvalue weighted by atomic mass is 15.3. The summed E-state index contributed by atoms with van der Waals surface area (Å²) in [6.07, 6.45) is 7.32. The summed E-state index contributed by atoms with van der Waals surface area (Å²) in [5, 5.41) is 13.9. The Labute approximate surface area is 294 Å². The fourth-order valence-electron chi connectivity index (χ4n) is 5.64. The van der Waals surface area contributed by atoms with Crippen molar-refractivity contribution in [3.05, 3.63) is 175 Å². The molecule has 0 radical (unpaired) electrons. The molecule has 0 bridgehead atoms. The fourth-order valence-corrected chi connectivity index (χ4v) is 5.64. The minimum absolute atomic E-state index is 0.225. The highest BCUT2D eigenvalue weighted by Gasteiger charge is 2.22. The highest BCUT2D eigenvalue weighted by molar-refractivity contribution is 6.62. The lowest BCUT2D eigenvalue weighted by Crippen LogP contribution is -2.19. The van der Waals surface area contributed by atoms with Gasteiger partial charge in [-0.2, -0.15) is 5.10 Å². The van der Waals surface area contributed by atoms with E-state index < -0.39 is 0 Å². The van der Waals surface area contributed by atoms with Gasteiger partial charge in [0.25, 0.3) is 0 Å². The van der Waals surface area contributed by atoms with Crippen LogP contribution in [0.3, 0.4) is 0 Å². The summed E-state index contributed by atoms with van der Waals surface area (Å²) in [7, 11) is 0. The molecule has 0 atom stereocenters. The van der Waals surface area contributed by atoms with Crippen LogP contribution in [-0.2, 0) is 0 Å². The van der Waals surface area contributed by atoms with Crippen molar-refractivity contribution in [2.24, 2.45) is 5.10 Å². The van der Waals surface area contributed by atoms with Crippen LogP contribution in [0.4, 0.5) is 5.69 Å². The molecule has 0 saturated carbocycles. The largest absolute Gasteiger partial charge is 0.298 e. The Balaban J connectivity index is 1.18. The number of hydrogen-bond donors (Lipinski definition) is 2. The Hall–Kier alpha value is -7.26. The first-order chi connectivity index (χ1) is 25.2. The third-order valence-electron chi connectivity index (χ3n) is 8.14. The third kappa shape index (κ3) is 6.85. The highest BCUT2D eigenvalue weighted by Crippen LogP contribution is 2.30. The van der Waals surface area contributed by atoms with Gasteiger partial charge in [0.2, 0.25) is 0 Å². The Morgan fingerprint density at radius 1 is 0.412 bits per heavy atom. The van der Waals surface area contributed by atoms with Crippen LogP contribution >= 0.6 is 0 Å². The molecule has 242 valence electrons. The summed E-state index contributed by atoms with van der Waals surface area (Å²) >= 11 is 0. The number of nitrogens with one attached hydrogen (secondary N) is 2. The molecule has 0 amide bonds. The molecule has 0 spiro atoms. The zero-order chi connectivity index (χ0) is 34.4. The molecule has 2 N–H and O–H groups in total. The molecule has 1 aromatic carbocycles. The van der Waals surface area contributed by atoms with Crippen molar-refractivity contribution >= 4 is 28.3 Å². The second kappa shape index (κ2) is 14.1. The molecule has 0 saturated heterocycles. The normalized spacial score (nSPS) is 13.4. The van der Waals surface area contributed by atoms with Crippen LogP contribution in [-0.4, -0.2) is 41.3 Å². The van der Waals surface area contributed by atoms with Crippen molar-refractivity contribution in [2.45, 2.75) is 0 Å². The van der Waals surface area contributed by atoms with E-state index in [4.69, 9.17) is 19.9 Å². The van der Waals surface area contributed by atoms with Crippen LogP contribution < -0.4 is 5.43 Å². The van der Waals surface area contributed by atoms with E-state index in [2.05, 4.69) is 20.5 Å². The van der Waals surface area contributed by atoms with E-state index in [0.29, 0.717) is 39.8 Å². The molecule has 6 aromatic heterocycles. The summed E-state index contributed by atoms with van der Waals surface area (Å²) in [4.78, 5) is 28.7. The first-order valence-electron chi connectivity index (χ1n) is 16.3. The summed E-state index contributed by atoms with van der Waals surface area (Å²) in [5.41, 5.74) is 13.2. The molecule has 0 fully saturated rings. The summed E-state index contributed by atoms with van der Waals surface area (Å²) in [5.74, 6) is 0. The summed E-state index contributed by atoms with van der Waals surface area (Å²) in [6.45, 7) is 0. The number of rotatable bonds is 8. The van der Waals surface area contributed by atoms with Gasteiger partial charge in [-0.3, -0.25) is 20.8 Å². The fraction of sp³-hybridized carbons (Fsp3) is 0. The number of hydrazone groups is 1. The standard InChI is InChI=1S/C42H29N9/c43-42-30(32-17-9-21-38(47-32)40-23-11-19-36(49-40)34-15-5-7-25-45-34)26-28(27-41(42)51-50-29-12-2-1-3-13-29)31-16-8-20-37(46-31)39-22-10-18-35(48-39)33-14-4-6-24-44-33/h1-27,43,50H. The minimum Gasteiger partial charge on any atom is -0.298 e. The number of para-hydroxylation sites is 1. The zero-order valence-corrected chi connectivity index (χ0v) is 27.2. The van der Waals surface area contributed by atoms with Gasteiger partial charge in [0, 0.05) is 23.5 Å². The molecule has 9 nitrogen and oxygen atoms in total. The third-order valence-corrected chi connectivity index (χ3v) is 8.14. The first kappa shape index (κ1) is 31.0. The van der Waals surface area contributed by atoms with E-state index in [1.165, 1.54) is 0 Å². The lowest BCUT2D eigenvalue weighted by Gasteiger charge is -2.18. The second-order valence-corrected chi connectivity index (χ2v) is 11.6. The van der Waals surface area contributed by atoms with Crippen molar-refractivity contribution in [3.63, 3.8) is 0 Å². The van der Waals surface area contributed by atoms with Gasteiger partial charge in [0.1, 0.15) is 5.71 Å². The number of allylic oxidation sites excluding steroid dienone is 4. The molecule has 1 aliphatic carbocycles. The average molecular weight is 660 g/mol. The number of anilines is 1. The smallest absolute Gasteiger partial charge is 0.110 e. The quantitative estimate of drug-likeness (QED) is 0.123. The maximum absolute atomic E-state index is 9.28. The molecular weight excluding hydrogens is 631 g/mol. The minimum atomic E-state index is 0.225. The Morgan fingerprint density at radius 3 is 1.37 bits per heavy atom. The SMILES string of the molecule is N=C1C(c2cccc(-c3cccc(-c4ccccn4)n3)n2)=CC(c2cccc(-c3cccc(-c4ccccn4)n3)n2)=CC1=NNc1ccccc1. The van der Waals surface area contributed by atoms with E-state index >= 15 is 0 Å². The van der Waals surface area contributed by atoms with Crippen LogP contribution in [0.25, 0.3) is 56.7 Å². The average Bonchev–Trinajstić information content (AvgIpc) is 3.22. The van der Waals surface area contributed by atoms with Crippen LogP contribution in [0.15, 0.2) is 169 Å². The van der Waals surface area contributed by atoms with Gasteiger partial charge in [-0.1, -0.05) is 54.6 Å². The molecular formula is C42H29N9. The van der Waals surface area contributed by atoms with Gasteiger partial charge in [0.05, 0.1) is 68.3 Å². The molecule has 1 aliphatic rings. The van der Waals surface area contributed by atoms with Crippen molar-refractivity contribution in [3.8, 4) is 45.6 Å². The van der Waals surface area contributed by atoms with E-state index in [0.717, 1.165) is 39.7 Å². The lowest BCUT2D eigenvalue weighted by atomic mass is 9.91. The monoisotopic (exact) mass is 659 g/mol. The molecule has 0 aliphatic heterocycles. The molecule has 0 unspecified atom stereocenters. The maximum atomic E-state index is 9.28. The molecule has 6 heterocycles. The van der Waals surface area contributed by atoms with E-state index in [1.807, 2.05) is 152 Å². The maximum Gasteiger partial charge on any atom is 0.110 e. The van der Waals surface area contributed by atoms with Crippen molar-refractivity contribution in [1.82, 2.24) is 29.9 Å². The Kier molecular flexibility index (Phi) is 8.56. The predicted molar refractivity (Wildman–Crippen MR) is 203 cm³/mol. The van der Waals surface area contributed by atoms with E-state index in [9.17, 15) is 5.41 Å². The van der Waals surface area contributed by atoms with Gasteiger partial charge in [-0.15, -0.1) is 0 Å². The summed E-state index contributed by atoms with van der Waals surface area (Å²) < 4.78 is 0. The lowest BCUT2D eigenvalue weighted by molar-refractivity contribution is 1.20. The number of benzene rings is 1. The Morgan fingerprint density at radius 2 is 0.843 bits per heavy atom. The molecule has 7 aromatic rings. The van der Waals surface area contributed by atoms with E-state index in [-0.39, 0.29) is 5.71 Å². The van der Waals surface area contributed by atoms with Crippen LogP contribution in [0.5, 0.6) is 0 Å². The van der Waals surface area contributed by atoms with Gasteiger partial charge in [-0.05, 0) is 97.1 Å². The van der Waals surface area contributed by atoms with E-state index in [1.54, 1.807) is 12.4 Å². The topological polar surface area (TPSA) is 126 Å². The number of hydrogen-bond acceptors (Lipinski definition) is 9.